The molecule has 0 aliphatic heterocycles. The number of nitrogens with zero attached hydrogens (tertiary/aromatic N) is 2. The lowest BCUT2D eigenvalue weighted by Gasteiger charge is -2.38. The number of alkyl carbamates (subject to hydrolysis) is 1. The summed E-state index contributed by atoms with van der Waals surface area (Å²) >= 11 is 0. The standard InChI is InChI=1S/C16H27N3O3/c1-11-6-14(18-22-11)10-19(5)9-12-7-13(8-12)17-15(20)21-16(2,3)4/h6,12-13H,7-10H2,1-5H3,(H,17,20). The third kappa shape index (κ3) is 5.33. The molecule has 0 spiro atoms. The van der Waals surface area contributed by atoms with Gasteiger partial charge in [-0.1, -0.05) is 5.16 Å². The van der Waals surface area contributed by atoms with Crippen LogP contribution in [0.15, 0.2) is 10.6 Å². The van der Waals surface area contributed by atoms with E-state index in [-0.39, 0.29) is 12.1 Å². The van der Waals surface area contributed by atoms with Gasteiger partial charge in [-0.05, 0) is 53.5 Å². The first-order valence-corrected chi connectivity index (χ1v) is 7.81. The Kier molecular flexibility index (Phi) is 5.11. The molecule has 1 N–H and O–H groups in total. The van der Waals surface area contributed by atoms with Gasteiger partial charge in [0.25, 0.3) is 0 Å². The predicted molar refractivity (Wildman–Crippen MR) is 83.5 cm³/mol. The topological polar surface area (TPSA) is 67.6 Å². The molecule has 0 bridgehead atoms. The average Bonchev–Trinajstić information content (AvgIpc) is 2.69. The van der Waals surface area contributed by atoms with Gasteiger partial charge in [0.05, 0.1) is 5.69 Å². The Morgan fingerprint density at radius 1 is 1.50 bits per heavy atom. The Morgan fingerprint density at radius 3 is 2.73 bits per heavy atom. The number of carbonyl (C=O) groups excluding carboxylic acids is 1. The second-order valence-corrected chi connectivity index (χ2v) is 7.31. The van der Waals surface area contributed by atoms with Gasteiger partial charge in [0.15, 0.2) is 0 Å². The number of aromatic nitrogens is 1. The number of ether oxygens (including phenoxy) is 1. The fourth-order valence-electron chi connectivity index (χ4n) is 2.75. The lowest BCUT2D eigenvalue weighted by molar-refractivity contribution is 0.0437. The molecular formula is C16H27N3O3. The zero-order chi connectivity index (χ0) is 16.3. The molecule has 0 unspecified atom stereocenters. The van der Waals surface area contributed by atoms with E-state index in [0.29, 0.717) is 5.92 Å². The average molecular weight is 309 g/mol. The molecule has 0 radical (unpaired) electrons. The molecule has 1 aliphatic carbocycles. The molecule has 2 rings (SSSR count). The van der Waals surface area contributed by atoms with Crippen molar-refractivity contribution in [2.24, 2.45) is 5.92 Å². The maximum absolute atomic E-state index is 11.7. The van der Waals surface area contributed by atoms with Crippen LogP contribution < -0.4 is 5.32 Å². The van der Waals surface area contributed by atoms with Gasteiger partial charge in [0.2, 0.25) is 0 Å². The van der Waals surface area contributed by atoms with Gasteiger partial charge in [-0.25, -0.2) is 4.79 Å². The first-order valence-electron chi connectivity index (χ1n) is 7.81. The number of carbonyl (C=O) groups is 1. The van der Waals surface area contributed by atoms with E-state index in [0.717, 1.165) is 37.4 Å². The molecule has 22 heavy (non-hydrogen) atoms. The minimum Gasteiger partial charge on any atom is -0.444 e. The van der Waals surface area contributed by atoms with Crippen molar-refractivity contribution in [2.75, 3.05) is 13.6 Å². The monoisotopic (exact) mass is 309 g/mol. The molecule has 1 fully saturated rings. The summed E-state index contributed by atoms with van der Waals surface area (Å²) in [5.74, 6) is 1.45. The molecule has 0 aromatic carbocycles. The fraction of sp³-hybridized carbons (Fsp3) is 0.750. The quantitative estimate of drug-likeness (QED) is 0.906. The van der Waals surface area contributed by atoms with E-state index in [1.165, 1.54) is 0 Å². The number of rotatable bonds is 5. The van der Waals surface area contributed by atoms with E-state index in [4.69, 9.17) is 9.26 Å². The van der Waals surface area contributed by atoms with Gasteiger partial charge in [-0.2, -0.15) is 0 Å². The predicted octanol–water partition coefficient (Wildman–Crippen LogP) is 2.72. The van der Waals surface area contributed by atoms with Crippen LogP contribution in [0.25, 0.3) is 0 Å². The van der Waals surface area contributed by atoms with Gasteiger partial charge in [-0.3, -0.25) is 0 Å². The Balaban J connectivity index is 1.63. The highest BCUT2D eigenvalue weighted by Crippen LogP contribution is 2.28. The van der Waals surface area contributed by atoms with E-state index in [1.54, 1.807) is 0 Å². The van der Waals surface area contributed by atoms with Crippen LogP contribution in [0.1, 0.15) is 45.1 Å². The van der Waals surface area contributed by atoms with E-state index >= 15 is 0 Å². The third-order valence-electron chi connectivity index (χ3n) is 3.64. The molecule has 124 valence electrons. The lowest BCUT2D eigenvalue weighted by atomic mass is 9.80. The van der Waals surface area contributed by atoms with Crippen LogP contribution in [0.4, 0.5) is 4.79 Å². The highest BCUT2D eigenvalue weighted by atomic mass is 16.6. The number of hydrogen-bond donors (Lipinski definition) is 1. The van der Waals surface area contributed by atoms with Gasteiger partial charge in [0, 0.05) is 25.2 Å². The zero-order valence-corrected chi connectivity index (χ0v) is 14.2. The van der Waals surface area contributed by atoms with Crippen molar-refractivity contribution in [3.63, 3.8) is 0 Å². The normalized spacial score (nSPS) is 21.5. The molecule has 6 nitrogen and oxygen atoms in total. The molecule has 6 heteroatoms. The highest BCUT2D eigenvalue weighted by molar-refractivity contribution is 5.68. The fourth-order valence-corrected chi connectivity index (χ4v) is 2.75. The highest BCUT2D eigenvalue weighted by Gasteiger charge is 2.32. The summed E-state index contributed by atoms with van der Waals surface area (Å²) in [6.07, 6.45) is 1.69. The van der Waals surface area contributed by atoms with Crippen LogP contribution >= 0.6 is 0 Å². The number of aryl methyl sites for hydroxylation is 1. The van der Waals surface area contributed by atoms with Crippen molar-refractivity contribution in [1.29, 1.82) is 0 Å². The first-order chi connectivity index (χ1) is 10.2. The smallest absolute Gasteiger partial charge is 0.407 e. The van der Waals surface area contributed by atoms with Crippen molar-refractivity contribution >= 4 is 6.09 Å². The maximum atomic E-state index is 11.7. The summed E-state index contributed by atoms with van der Waals surface area (Å²) in [7, 11) is 2.08. The Labute approximate surface area is 132 Å². The van der Waals surface area contributed by atoms with Crippen LogP contribution in [-0.2, 0) is 11.3 Å². The summed E-state index contributed by atoms with van der Waals surface area (Å²) in [6, 6.07) is 2.20. The molecule has 1 saturated carbocycles. The minimum absolute atomic E-state index is 0.238. The van der Waals surface area contributed by atoms with Crippen molar-refractivity contribution in [3.8, 4) is 0 Å². The molecule has 1 aromatic rings. The Bertz CT molecular complexity index is 501. The molecule has 1 heterocycles. The Hall–Kier alpha value is -1.56. The second-order valence-electron chi connectivity index (χ2n) is 7.31. The van der Waals surface area contributed by atoms with Crippen molar-refractivity contribution < 1.29 is 14.1 Å². The first kappa shape index (κ1) is 16.8. The molecule has 0 atom stereocenters. The largest absolute Gasteiger partial charge is 0.444 e. The zero-order valence-electron chi connectivity index (χ0n) is 14.2. The molecule has 0 saturated heterocycles. The number of amides is 1. The van der Waals surface area contributed by atoms with Crippen LogP contribution in [0.3, 0.4) is 0 Å². The van der Waals surface area contributed by atoms with E-state index < -0.39 is 5.60 Å². The van der Waals surface area contributed by atoms with Crippen LogP contribution in [0.5, 0.6) is 0 Å². The second kappa shape index (κ2) is 6.69. The van der Waals surface area contributed by atoms with E-state index in [9.17, 15) is 4.79 Å². The van der Waals surface area contributed by atoms with Crippen molar-refractivity contribution in [2.45, 2.75) is 58.7 Å². The lowest BCUT2D eigenvalue weighted by Crippen LogP contribution is -2.48. The van der Waals surface area contributed by atoms with Gasteiger partial charge < -0.3 is 19.5 Å². The van der Waals surface area contributed by atoms with Crippen LogP contribution in [0, 0.1) is 12.8 Å². The summed E-state index contributed by atoms with van der Waals surface area (Å²) < 4.78 is 10.3. The van der Waals surface area contributed by atoms with E-state index in [2.05, 4.69) is 22.4 Å². The number of hydrogen-bond acceptors (Lipinski definition) is 5. The van der Waals surface area contributed by atoms with Crippen LogP contribution in [-0.4, -0.2) is 41.4 Å². The van der Waals surface area contributed by atoms with Gasteiger partial charge in [-0.15, -0.1) is 0 Å². The SMILES string of the molecule is Cc1cc(CN(C)CC2CC(NC(=O)OC(C)(C)C)C2)no1. The summed E-state index contributed by atoms with van der Waals surface area (Å²) in [5, 5.41) is 6.93. The third-order valence-corrected chi connectivity index (χ3v) is 3.64. The summed E-state index contributed by atoms with van der Waals surface area (Å²) in [4.78, 5) is 13.9. The van der Waals surface area contributed by atoms with Crippen LogP contribution in [0.2, 0.25) is 0 Å². The number of nitrogens with one attached hydrogen (secondary N) is 1. The van der Waals surface area contributed by atoms with Gasteiger partial charge >= 0.3 is 6.09 Å². The van der Waals surface area contributed by atoms with Crippen molar-refractivity contribution in [1.82, 2.24) is 15.4 Å². The van der Waals surface area contributed by atoms with Gasteiger partial charge in [0.1, 0.15) is 11.4 Å². The maximum Gasteiger partial charge on any atom is 0.407 e. The molecule has 1 aromatic heterocycles. The van der Waals surface area contributed by atoms with Crippen molar-refractivity contribution in [3.05, 3.63) is 17.5 Å². The molecule has 1 aliphatic rings. The molecular weight excluding hydrogens is 282 g/mol. The summed E-state index contributed by atoms with van der Waals surface area (Å²) in [5.41, 5.74) is 0.520. The minimum atomic E-state index is -0.441. The Morgan fingerprint density at radius 2 is 2.18 bits per heavy atom. The molecule has 1 amide bonds. The summed E-state index contributed by atoms with van der Waals surface area (Å²) in [6.45, 7) is 9.30. The van der Waals surface area contributed by atoms with E-state index in [1.807, 2.05) is 33.8 Å².